The van der Waals surface area contributed by atoms with Gasteiger partial charge in [0, 0.05) is 17.8 Å². The van der Waals surface area contributed by atoms with Gasteiger partial charge < -0.3 is 9.88 Å². The van der Waals surface area contributed by atoms with E-state index >= 15 is 0 Å². The third-order valence-corrected chi connectivity index (χ3v) is 5.10. The summed E-state index contributed by atoms with van der Waals surface area (Å²) >= 11 is 1.22. The molecule has 0 fully saturated rings. The fraction of sp³-hybridized carbons (Fsp3) is 0.250. The van der Waals surface area contributed by atoms with Gasteiger partial charge in [0.15, 0.2) is 11.0 Å². The fourth-order valence-corrected chi connectivity index (χ4v) is 3.55. The minimum absolute atomic E-state index is 0.0625. The quantitative estimate of drug-likeness (QED) is 0.569. The number of nitrogens with one attached hydrogen (secondary N) is 1. The number of aromatic nitrogens is 3. The standard InChI is InChI=1S/C20H19F3N4OS/c1-3-27-18(14-6-4-5-13(2)11-14)25-26-19(27)29-12-17(28)24-16-9-7-15(8-10-16)20(21,22)23/h4-11H,3,12H2,1-2H3,(H,24,28). The van der Waals surface area contributed by atoms with Crippen LogP contribution >= 0.6 is 11.8 Å². The Labute approximate surface area is 170 Å². The molecule has 1 amide bonds. The number of carbonyl (C=O) groups excluding carboxylic acids is 1. The highest BCUT2D eigenvalue weighted by atomic mass is 32.2. The van der Waals surface area contributed by atoms with Crippen LogP contribution in [0.25, 0.3) is 11.4 Å². The zero-order chi connectivity index (χ0) is 21.0. The molecule has 0 atom stereocenters. The molecular weight excluding hydrogens is 401 g/mol. The van der Waals surface area contributed by atoms with Crippen molar-refractivity contribution in [1.82, 2.24) is 14.8 Å². The molecule has 0 radical (unpaired) electrons. The number of nitrogens with zero attached hydrogens (tertiary/aromatic N) is 3. The average Bonchev–Trinajstić information content (AvgIpc) is 3.09. The Morgan fingerprint density at radius 3 is 2.48 bits per heavy atom. The Morgan fingerprint density at radius 2 is 1.86 bits per heavy atom. The van der Waals surface area contributed by atoms with E-state index in [9.17, 15) is 18.0 Å². The van der Waals surface area contributed by atoms with E-state index in [0.29, 0.717) is 17.4 Å². The normalized spacial score (nSPS) is 11.5. The number of anilines is 1. The van der Waals surface area contributed by atoms with Crippen molar-refractivity contribution in [2.24, 2.45) is 0 Å². The molecule has 3 aromatic rings. The monoisotopic (exact) mass is 420 g/mol. The molecule has 29 heavy (non-hydrogen) atoms. The van der Waals surface area contributed by atoms with Crippen LogP contribution in [-0.4, -0.2) is 26.4 Å². The van der Waals surface area contributed by atoms with E-state index in [1.54, 1.807) is 0 Å². The maximum Gasteiger partial charge on any atom is 0.416 e. The van der Waals surface area contributed by atoms with Crippen LogP contribution in [0.1, 0.15) is 18.1 Å². The first-order chi connectivity index (χ1) is 13.8. The lowest BCUT2D eigenvalue weighted by molar-refractivity contribution is -0.137. The average molecular weight is 420 g/mol. The molecule has 0 aliphatic carbocycles. The van der Waals surface area contributed by atoms with Gasteiger partial charge in [0.1, 0.15) is 0 Å². The number of hydrogen-bond donors (Lipinski definition) is 1. The first-order valence-electron chi connectivity index (χ1n) is 8.88. The summed E-state index contributed by atoms with van der Waals surface area (Å²) in [7, 11) is 0. The van der Waals surface area contributed by atoms with Gasteiger partial charge in [-0.25, -0.2) is 0 Å². The van der Waals surface area contributed by atoms with Gasteiger partial charge in [-0.15, -0.1) is 10.2 Å². The van der Waals surface area contributed by atoms with Gasteiger partial charge in [-0.05, 0) is 44.2 Å². The largest absolute Gasteiger partial charge is 0.416 e. The van der Waals surface area contributed by atoms with E-state index < -0.39 is 11.7 Å². The highest BCUT2D eigenvalue weighted by Gasteiger charge is 2.30. The summed E-state index contributed by atoms with van der Waals surface area (Å²) in [5.74, 6) is 0.451. The molecule has 3 rings (SSSR count). The number of carbonyl (C=O) groups is 1. The van der Waals surface area contributed by atoms with Crippen molar-refractivity contribution >= 4 is 23.4 Å². The Balaban J connectivity index is 1.65. The van der Waals surface area contributed by atoms with Crippen molar-refractivity contribution in [2.75, 3.05) is 11.1 Å². The molecule has 5 nitrogen and oxygen atoms in total. The van der Waals surface area contributed by atoms with Crippen LogP contribution in [0, 0.1) is 6.92 Å². The topological polar surface area (TPSA) is 59.8 Å². The van der Waals surface area contributed by atoms with Gasteiger partial charge in [-0.1, -0.05) is 35.5 Å². The molecule has 1 N–H and O–H groups in total. The zero-order valence-electron chi connectivity index (χ0n) is 15.8. The number of rotatable bonds is 6. The lowest BCUT2D eigenvalue weighted by atomic mass is 10.1. The SMILES string of the molecule is CCn1c(SCC(=O)Nc2ccc(C(F)(F)F)cc2)nnc1-c1cccc(C)c1. The second-order valence-electron chi connectivity index (χ2n) is 6.33. The second kappa shape index (κ2) is 8.69. The molecule has 0 bridgehead atoms. The van der Waals surface area contributed by atoms with E-state index in [0.717, 1.165) is 29.1 Å². The summed E-state index contributed by atoms with van der Waals surface area (Å²) in [6.07, 6.45) is -4.41. The van der Waals surface area contributed by atoms with Gasteiger partial charge in [0.2, 0.25) is 5.91 Å². The maximum absolute atomic E-state index is 12.6. The van der Waals surface area contributed by atoms with Crippen LogP contribution in [0.2, 0.25) is 0 Å². The molecule has 0 saturated carbocycles. The number of benzene rings is 2. The van der Waals surface area contributed by atoms with E-state index in [1.165, 1.54) is 23.9 Å². The number of amides is 1. The van der Waals surface area contributed by atoms with Crippen LogP contribution < -0.4 is 5.32 Å². The molecule has 152 valence electrons. The molecule has 0 spiro atoms. The predicted octanol–water partition coefficient (Wildman–Crippen LogP) is 5.02. The molecule has 0 unspecified atom stereocenters. The highest BCUT2D eigenvalue weighted by molar-refractivity contribution is 7.99. The molecule has 0 aliphatic heterocycles. The van der Waals surface area contributed by atoms with Crippen LogP contribution in [0.15, 0.2) is 53.7 Å². The van der Waals surface area contributed by atoms with Crippen molar-refractivity contribution in [1.29, 1.82) is 0 Å². The number of hydrogen-bond acceptors (Lipinski definition) is 4. The van der Waals surface area contributed by atoms with Crippen LogP contribution in [-0.2, 0) is 17.5 Å². The second-order valence-corrected chi connectivity index (χ2v) is 7.27. The summed E-state index contributed by atoms with van der Waals surface area (Å²) < 4.78 is 39.7. The Morgan fingerprint density at radius 1 is 1.14 bits per heavy atom. The van der Waals surface area contributed by atoms with E-state index in [2.05, 4.69) is 15.5 Å². The van der Waals surface area contributed by atoms with E-state index in [4.69, 9.17) is 0 Å². The Hall–Kier alpha value is -2.81. The molecule has 1 aromatic heterocycles. The smallest absolute Gasteiger partial charge is 0.325 e. The van der Waals surface area contributed by atoms with Crippen LogP contribution in [0.5, 0.6) is 0 Å². The number of aryl methyl sites for hydroxylation is 1. The van der Waals surface area contributed by atoms with Crippen LogP contribution in [0.4, 0.5) is 18.9 Å². The summed E-state index contributed by atoms with van der Waals surface area (Å²) in [6.45, 7) is 4.60. The molecule has 9 heteroatoms. The minimum atomic E-state index is -4.41. The summed E-state index contributed by atoms with van der Waals surface area (Å²) in [5.41, 5.74) is 1.60. The molecule has 0 aliphatic rings. The Bertz CT molecular complexity index is 1000. The summed E-state index contributed by atoms with van der Waals surface area (Å²) in [5, 5.41) is 11.6. The van der Waals surface area contributed by atoms with Gasteiger partial charge in [0.05, 0.1) is 11.3 Å². The zero-order valence-corrected chi connectivity index (χ0v) is 16.6. The van der Waals surface area contributed by atoms with Crippen molar-refractivity contribution in [3.8, 4) is 11.4 Å². The van der Waals surface area contributed by atoms with Crippen molar-refractivity contribution in [3.63, 3.8) is 0 Å². The van der Waals surface area contributed by atoms with Gasteiger partial charge in [-0.3, -0.25) is 4.79 Å². The molecular formula is C20H19F3N4OS. The van der Waals surface area contributed by atoms with E-state index in [1.807, 2.05) is 42.7 Å². The maximum atomic E-state index is 12.6. The summed E-state index contributed by atoms with van der Waals surface area (Å²) in [4.78, 5) is 12.2. The number of halogens is 3. The fourth-order valence-electron chi connectivity index (χ4n) is 2.75. The molecule has 0 saturated heterocycles. The van der Waals surface area contributed by atoms with Gasteiger partial charge in [0.25, 0.3) is 0 Å². The first-order valence-corrected chi connectivity index (χ1v) is 9.86. The number of thioether (sulfide) groups is 1. The van der Waals surface area contributed by atoms with E-state index in [-0.39, 0.29) is 11.7 Å². The van der Waals surface area contributed by atoms with Crippen molar-refractivity contribution in [3.05, 3.63) is 59.7 Å². The minimum Gasteiger partial charge on any atom is -0.325 e. The van der Waals surface area contributed by atoms with Crippen molar-refractivity contribution in [2.45, 2.75) is 31.7 Å². The third-order valence-electron chi connectivity index (χ3n) is 4.14. The van der Waals surface area contributed by atoms with Crippen molar-refractivity contribution < 1.29 is 18.0 Å². The lowest BCUT2D eigenvalue weighted by Gasteiger charge is -2.09. The highest BCUT2D eigenvalue weighted by Crippen LogP contribution is 2.30. The lowest BCUT2D eigenvalue weighted by Crippen LogP contribution is -2.15. The predicted molar refractivity (Wildman–Crippen MR) is 107 cm³/mol. The number of alkyl halides is 3. The van der Waals surface area contributed by atoms with Crippen LogP contribution in [0.3, 0.4) is 0 Å². The first kappa shape index (κ1) is 20.9. The summed E-state index contributed by atoms with van der Waals surface area (Å²) in [6, 6.07) is 12.2. The third kappa shape index (κ3) is 5.17. The van der Waals surface area contributed by atoms with Gasteiger partial charge >= 0.3 is 6.18 Å². The molecule has 1 heterocycles. The Kier molecular flexibility index (Phi) is 6.26. The van der Waals surface area contributed by atoms with Gasteiger partial charge in [-0.2, -0.15) is 13.2 Å². The molecule has 2 aromatic carbocycles.